The number of hydrogen-bond acceptors (Lipinski definition) is 5. The molecule has 1 aromatic rings. The molecule has 2 aliphatic heterocycles. The average molecular weight is 309 g/mol. The molecule has 3 rings (SSSR count). The molecule has 6 nitrogen and oxygen atoms in total. The van der Waals surface area contributed by atoms with Crippen molar-refractivity contribution in [3.05, 3.63) is 28.2 Å². The zero-order valence-corrected chi connectivity index (χ0v) is 11.0. The standard InChI is InChI=1S/C11H9BrN4O2/c1-5-4-6(2-3-7(5)12)16-9-8(14-15-16)10(17)13-11(9)18/h2-4,8-9H,1H3,(H,13,17,18). The van der Waals surface area contributed by atoms with E-state index in [-0.39, 0.29) is 11.8 Å². The molecule has 0 aliphatic carbocycles. The molecule has 1 saturated heterocycles. The number of amides is 2. The van der Waals surface area contributed by atoms with Gasteiger partial charge in [-0.25, -0.2) is 5.01 Å². The molecular formula is C11H9BrN4O2. The van der Waals surface area contributed by atoms with E-state index in [9.17, 15) is 9.59 Å². The fourth-order valence-electron chi connectivity index (χ4n) is 2.07. The summed E-state index contributed by atoms with van der Waals surface area (Å²) in [6.07, 6.45) is 0. The summed E-state index contributed by atoms with van der Waals surface area (Å²) in [6, 6.07) is 4.22. The SMILES string of the molecule is Cc1cc(N2N=NC3C(=O)NC(=O)C32)ccc1Br. The van der Waals surface area contributed by atoms with Crippen LogP contribution in [0.5, 0.6) is 0 Å². The first kappa shape index (κ1) is 11.3. The van der Waals surface area contributed by atoms with Crippen LogP contribution < -0.4 is 10.3 Å². The van der Waals surface area contributed by atoms with E-state index in [4.69, 9.17) is 0 Å². The highest BCUT2D eigenvalue weighted by Crippen LogP contribution is 2.31. The number of anilines is 1. The molecule has 2 amide bonds. The van der Waals surface area contributed by atoms with Crippen LogP contribution in [0.15, 0.2) is 33.0 Å². The molecule has 7 heteroatoms. The first-order valence-corrected chi connectivity index (χ1v) is 6.18. The van der Waals surface area contributed by atoms with Gasteiger partial charge in [0.1, 0.15) is 0 Å². The van der Waals surface area contributed by atoms with E-state index >= 15 is 0 Å². The van der Waals surface area contributed by atoms with Gasteiger partial charge in [-0.2, -0.15) is 5.11 Å². The van der Waals surface area contributed by atoms with Crippen molar-refractivity contribution >= 4 is 33.4 Å². The van der Waals surface area contributed by atoms with E-state index in [0.29, 0.717) is 0 Å². The summed E-state index contributed by atoms with van der Waals surface area (Å²) < 4.78 is 0.978. The molecule has 2 unspecified atom stereocenters. The predicted octanol–water partition coefficient (Wildman–Crippen LogP) is 1.34. The number of imide groups is 1. The highest BCUT2D eigenvalue weighted by molar-refractivity contribution is 9.10. The molecule has 0 bridgehead atoms. The number of fused-ring (bicyclic) bond motifs is 1. The lowest BCUT2D eigenvalue weighted by Gasteiger charge is -2.18. The highest BCUT2D eigenvalue weighted by Gasteiger charge is 2.49. The van der Waals surface area contributed by atoms with E-state index in [1.54, 1.807) is 0 Å². The summed E-state index contributed by atoms with van der Waals surface area (Å²) in [4.78, 5) is 23.1. The molecule has 0 spiro atoms. The van der Waals surface area contributed by atoms with Crippen molar-refractivity contribution in [3.63, 3.8) is 0 Å². The summed E-state index contributed by atoms with van der Waals surface area (Å²) in [7, 11) is 0. The van der Waals surface area contributed by atoms with E-state index < -0.39 is 12.1 Å². The first-order valence-electron chi connectivity index (χ1n) is 5.39. The number of hydrogen-bond donors (Lipinski definition) is 1. The minimum atomic E-state index is -0.721. The smallest absolute Gasteiger partial charge is 0.256 e. The molecule has 2 heterocycles. The maximum atomic E-state index is 11.7. The van der Waals surface area contributed by atoms with Gasteiger partial charge in [-0.15, -0.1) is 0 Å². The van der Waals surface area contributed by atoms with Crippen LogP contribution in [0.25, 0.3) is 0 Å². The van der Waals surface area contributed by atoms with Gasteiger partial charge in [0, 0.05) is 4.47 Å². The summed E-state index contributed by atoms with van der Waals surface area (Å²) in [5.41, 5.74) is 1.77. The lowest BCUT2D eigenvalue weighted by atomic mass is 10.1. The molecule has 2 atom stereocenters. The Kier molecular flexibility index (Phi) is 2.44. The maximum Gasteiger partial charge on any atom is 0.256 e. The summed E-state index contributed by atoms with van der Waals surface area (Å²) in [6.45, 7) is 1.94. The maximum absolute atomic E-state index is 11.7. The Hall–Kier alpha value is -1.76. The lowest BCUT2D eigenvalue weighted by Crippen LogP contribution is -2.38. The second kappa shape index (κ2) is 3.88. The Morgan fingerprint density at radius 2 is 2.11 bits per heavy atom. The van der Waals surface area contributed by atoms with E-state index in [1.807, 2.05) is 25.1 Å². The van der Waals surface area contributed by atoms with Crippen LogP contribution in [0.3, 0.4) is 0 Å². The number of nitrogens with one attached hydrogen (secondary N) is 1. The number of nitrogens with zero attached hydrogens (tertiary/aromatic N) is 3. The Labute approximate surface area is 111 Å². The third-order valence-corrected chi connectivity index (χ3v) is 3.91. The van der Waals surface area contributed by atoms with Gasteiger partial charge in [0.25, 0.3) is 11.8 Å². The molecule has 0 aromatic heterocycles. The number of halogens is 1. The normalized spacial score (nSPS) is 25.6. The molecule has 2 aliphatic rings. The molecule has 1 aromatic carbocycles. The number of carbonyl (C=O) groups is 2. The quantitative estimate of drug-likeness (QED) is 0.796. The number of aryl methyl sites for hydroxylation is 1. The number of rotatable bonds is 1. The van der Waals surface area contributed by atoms with Crippen LogP contribution in [0.2, 0.25) is 0 Å². The topological polar surface area (TPSA) is 74.1 Å². The van der Waals surface area contributed by atoms with Gasteiger partial charge < -0.3 is 0 Å². The van der Waals surface area contributed by atoms with E-state index in [1.165, 1.54) is 5.01 Å². The van der Waals surface area contributed by atoms with Crippen LogP contribution in [0.1, 0.15) is 5.56 Å². The fraction of sp³-hybridized carbons (Fsp3) is 0.273. The van der Waals surface area contributed by atoms with E-state index in [0.717, 1.165) is 15.7 Å². The van der Waals surface area contributed by atoms with Gasteiger partial charge in [-0.1, -0.05) is 21.2 Å². The third-order valence-electron chi connectivity index (χ3n) is 3.02. The van der Waals surface area contributed by atoms with Crippen molar-refractivity contribution in [2.45, 2.75) is 19.0 Å². The zero-order valence-electron chi connectivity index (χ0n) is 9.42. The van der Waals surface area contributed by atoms with Crippen molar-refractivity contribution in [1.82, 2.24) is 5.32 Å². The monoisotopic (exact) mass is 308 g/mol. The van der Waals surface area contributed by atoms with Gasteiger partial charge in [0.05, 0.1) is 5.69 Å². The van der Waals surface area contributed by atoms with Gasteiger partial charge in [-0.05, 0) is 30.7 Å². The minimum absolute atomic E-state index is 0.351. The van der Waals surface area contributed by atoms with Crippen LogP contribution in [0, 0.1) is 6.92 Å². The lowest BCUT2D eigenvalue weighted by molar-refractivity contribution is -0.125. The molecular weight excluding hydrogens is 300 g/mol. The largest absolute Gasteiger partial charge is 0.292 e. The molecule has 1 fully saturated rings. The average Bonchev–Trinajstić information content (AvgIpc) is 2.87. The fourth-order valence-corrected chi connectivity index (χ4v) is 2.31. The highest BCUT2D eigenvalue weighted by atomic mass is 79.9. The third kappa shape index (κ3) is 1.54. The van der Waals surface area contributed by atoms with Gasteiger partial charge in [0.15, 0.2) is 12.1 Å². The summed E-state index contributed by atoms with van der Waals surface area (Å²) in [5, 5.41) is 11.5. The van der Waals surface area contributed by atoms with Crippen LogP contribution in [0.4, 0.5) is 5.69 Å². The second-order valence-corrected chi connectivity index (χ2v) is 5.08. The minimum Gasteiger partial charge on any atom is -0.292 e. The van der Waals surface area contributed by atoms with Crippen molar-refractivity contribution in [2.75, 3.05) is 5.01 Å². The van der Waals surface area contributed by atoms with E-state index in [2.05, 4.69) is 31.6 Å². The van der Waals surface area contributed by atoms with Crippen molar-refractivity contribution in [2.24, 2.45) is 10.3 Å². The molecule has 0 saturated carbocycles. The molecule has 92 valence electrons. The van der Waals surface area contributed by atoms with Crippen LogP contribution in [-0.4, -0.2) is 23.9 Å². The Bertz CT molecular complexity index is 586. The van der Waals surface area contributed by atoms with Crippen molar-refractivity contribution in [3.8, 4) is 0 Å². The second-order valence-electron chi connectivity index (χ2n) is 4.23. The molecule has 1 N–H and O–H groups in total. The van der Waals surface area contributed by atoms with Gasteiger partial charge >= 0.3 is 0 Å². The zero-order chi connectivity index (χ0) is 12.9. The Balaban J connectivity index is 1.98. The predicted molar refractivity (Wildman–Crippen MR) is 66.9 cm³/mol. The Morgan fingerprint density at radius 3 is 2.83 bits per heavy atom. The van der Waals surface area contributed by atoms with Crippen LogP contribution in [-0.2, 0) is 9.59 Å². The first-order chi connectivity index (χ1) is 8.58. The van der Waals surface area contributed by atoms with Crippen LogP contribution >= 0.6 is 15.9 Å². The number of benzene rings is 1. The summed E-state index contributed by atoms with van der Waals surface area (Å²) in [5.74, 6) is -0.736. The van der Waals surface area contributed by atoms with Crippen molar-refractivity contribution in [1.29, 1.82) is 0 Å². The summed E-state index contributed by atoms with van der Waals surface area (Å²) >= 11 is 3.41. The van der Waals surface area contributed by atoms with Gasteiger partial charge in [0.2, 0.25) is 0 Å². The number of carbonyl (C=O) groups excluding carboxylic acids is 2. The Morgan fingerprint density at radius 1 is 1.33 bits per heavy atom. The molecule has 18 heavy (non-hydrogen) atoms. The van der Waals surface area contributed by atoms with Crippen molar-refractivity contribution < 1.29 is 9.59 Å². The van der Waals surface area contributed by atoms with Gasteiger partial charge in [-0.3, -0.25) is 14.9 Å². The molecule has 0 radical (unpaired) electrons.